The third-order valence-electron chi connectivity index (χ3n) is 5.95. The molecule has 1 rings (SSSR count). The number of nitrogens with zero attached hydrogens (tertiary/aromatic N) is 1. The van der Waals surface area contributed by atoms with Gasteiger partial charge in [0.25, 0.3) is 0 Å². The number of pyridine rings is 1. The average Bonchev–Trinajstić information content (AvgIpc) is 2.63. The van der Waals surface area contributed by atoms with Gasteiger partial charge >= 0.3 is 5.97 Å². The molecule has 0 amide bonds. The molecule has 1 atom stereocenters. The monoisotopic (exact) mass is 447 g/mol. The van der Waals surface area contributed by atoms with Crippen molar-refractivity contribution in [3.05, 3.63) is 36.2 Å². The van der Waals surface area contributed by atoms with Crippen molar-refractivity contribution in [3.63, 3.8) is 0 Å². The molecular weight excluding hydrogens is 402 g/mol. The molecule has 1 aromatic heterocycles. The van der Waals surface area contributed by atoms with Gasteiger partial charge in [-0.05, 0) is 69.8 Å². The summed E-state index contributed by atoms with van der Waals surface area (Å²) < 4.78 is 12.7. The second kappa shape index (κ2) is 11.4. The van der Waals surface area contributed by atoms with E-state index in [1.165, 1.54) is 0 Å². The zero-order valence-corrected chi connectivity index (χ0v) is 22.4. The molecule has 0 aliphatic rings. The van der Waals surface area contributed by atoms with Crippen LogP contribution >= 0.6 is 0 Å². The normalized spacial score (nSPS) is 15.1. The number of rotatable bonds is 11. The minimum Gasteiger partial charge on any atom is -0.460 e. The first-order chi connectivity index (χ1) is 14.2. The Morgan fingerprint density at radius 1 is 1.13 bits per heavy atom. The van der Waals surface area contributed by atoms with E-state index in [0.717, 1.165) is 31.2 Å². The van der Waals surface area contributed by atoms with Crippen molar-refractivity contribution in [2.75, 3.05) is 0 Å². The van der Waals surface area contributed by atoms with E-state index in [9.17, 15) is 4.79 Å². The first-order valence-corrected chi connectivity index (χ1v) is 14.6. The number of hydrogen-bond acceptors (Lipinski definition) is 4. The highest BCUT2D eigenvalue weighted by molar-refractivity contribution is 6.74. The van der Waals surface area contributed by atoms with Crippen LogP contribution in [0.2, 0.25) is 18.1 Å². The molecule has 0 aliphatic heterocycles. The van der Waals surface area contributed by atoms with Crippen molar-refractivity contribution in [1.82, 2.24) is 4.98 Å². The SMILES string of the molecule is CCCCC(CC=Cc1cccnc1)(CCC(=O)OC(C)(C)C)O[Si](C)(C)C(C)(C)C. The Morgan fingerprint density at radius 3 is 2.32 bits per heavy atom. The molecule has 0 N–H and O–H groups in total. The number of hydrogen-bond donors (Lipinski definition) is 0. The van der Waals surface area contributed by atoms with Crippen LogP contribution in [0.5, 0.6) is 0 Å². The summed E-state index contributed by atoms with van der Waals surface area (Å²) in [6, 6.07) is 3.99. The van der Waals surface area contributed by atoms with E-state index in [1.807, 2.05) is 39.1 Å². The summed E-state index contributed by atoms with van der Waals surface area (Å²) in [6.45, 7) is 19.3. The maximum atomic E-state index is 12.5. The van der Waals surface area contributed by atoms with Crippen LogP contribution in [0.3, 0.4) is 0 Å². The van der Waals surface area contributed by atoms with Crippen LogP contribution in [-0.4, -0.2) is 30.5 Å². The van der Waals surface area contributed by atoms with Gasteiger partial charge in [0.15, 0.2) is 8.32 Å². The standard InChI is InChI=1S/C26H45NO3Si/c1-10-11-17-26(30-31(8,9)25(5,6)7,19-16-23(28)29-24(2,3)4)18-12-14-22-15-13-20-27-21-22/h12-15,20-21H,10-11,16-19H2,1-9H3. The predicted molar refractivity (Wildman–Crippen MR) is 134 cm³/mol. The Labute approximate surface area is 192 Å². The van der Waals surface area contributed by atoms with Crippen molar-refractivity contribution in [2.24, 2.45) is 0 Å². The number of unbranched alkanes of at least 4 members (excludes halogenated alkanes) is 1. The van der Waals surface area contributed by atoms with Crippen LogP contribution in [-0.2, 0) is 14.0 Å². The first-order valence-electron chi connectivity index (χ1n) is 11.7. The van der Waals surface area contributed by atoms with E-state index in [1.54, 1.807) is 6.20 Å². The lowest BCUT2D eigenvalue weighted by Crippen LogP contribution is -2.50. The summed E-state index contributed by atoms with van der Waals surface area (Å²) in [6.07, 6.45) is 12.9. The van der Waals surface area contributed by atoms with Crippen molar-refractivity contribution < 1.29 is 14.0 Å². The second-order valence-corrected chi connectivity index (χ2v) is 15.9. The van der Waals surface area contributed by atoms with Crippen molar-refractivity contribution >= 4 is 20.4 Å². The van der Waals surface area contributed by atoms with Gasteiger partial charge < -0.3 is 9.16 Å². The molecule has 0 bridgehead atoms. The molecule has 5 heteroatoms. The van der Waals surface area contributed by atoms with E-state index in [0.29, 0.717) is 12.8 Å². The number of esters is 1. The lowest BCUT2D eigenvalue weighted by molar-refractivity contribution is -0.156. The molecule has 0 aliphatic carbocycles. The quantitative estimate of drug-likeness (QED) is 0.259. The van der Waals surface area contributed by atoms with Crippen LogP contribution in [0.25, 0.3) is 6.08 Å². The minimum absolute atomic E-state index is 0.101. The molecule has 31 heavy (non-hydrogen) atoms. The number of ether oxygens (including phenoxy) is 1. The number of carbonyl (C=O) groups is 1. The molecule has 1 unspecified atom stereocenters. The molecule has 0 spiro atoms. The Morgan fingerprint density at radius 2 is 1.81 bits per heavy atom. The fourth-order valence-corrected chi connectivity index (χ4v) is 4.95. The zero-order chi connectivity index (χ0) is 23.8. The molecule has 1 aromatic rings. The van der Waals surface area contributed by atoms with Crippen molar-refractivity contribution in [1.29, 1.82) is 0 Å². The van der Waals surface area contributed by atoms with Gasteiger partial charge in [0.2, 0.25) is 0 Å². The molecule has 0 radical (unpaired) electrons. The van der Waals surface area contributed by atoms with Crippen LogP contribution < -0.4 is 0 Å². The van der Waals surface area contributed by atoms with E-state index in [2.05, 4.69) is 57.9 Å². The first kappa shape index (κ1) is 27.6. The molecule has 0 aromatic carbocycles. The Balaban J connectivity index is 3.16. The van der Waals surface area contributed by atoms with Crippen molar-refractivity contribution in [2.45, 2.75) is 116 Å². The van der Waals surface area contributed by atoms with Crippen molar-refractivity contribution in [3.8, 4) is 0 Å². The minimum atomic E-state index is -2.04. The Bertz CT molecular complexity index is 702. The third kappa shape index (κ3) is 10.1. The van der Waals surface area contributed by atoms with E-state index < -0.39 is 13.9 Å². The lowest BCUT2D eigenvalue weighted by atomic mass is 9.88. The molecule has 0 fully saturated rings. The van der Waals surface area contributed by atoms with Crippen LogP contribution in [0.15, 0.2) is 30.6 Å². The van der Waals surface area contributed by atoms with Crippen LogP contribution in [0.4, 0.5) is 0 Å². The van der Waals surface area contributed by atoms with Crippen LogP contribution in [0, 0.1) is 0 Å². The lowest BCUT2D eigenvalue weighted by Gasteiger charge is -2.46. The second-order valence-electron chi connectivity index (χ2n) is 11.1. The molecule has 0 saturated carbocycles. The Hall–Kier alpha value is -1.46. The number of carbonyl (C=O) groups excluding carboxylic acids is 1. The maximum absolute atomic E-state index is 12.5. The highest BCUT2D eigenvalue weighted by atomic mass is 28.4. The van der Waals surface area contributed by atoms with Gasteiger partial charge in [-0.25, -0.2) is 0 Å². The highest BCUT2D eigenvalue weighted by Gasteiger charge is 2.44. The molecule has 176 valence electrons. The van der Waals surface area contributed by atoms with Gasteiger partial charge in [-0.1, -0.05) is 58.8 Å². The fourth-order valence-electron chi connectivity index (χ4n) is 3.27. The van der Waals surface area contributed by atoms with Gasteiger partial charge in [0, 0.05) is 18.8 Å². The zero-order valence-electron chi connectivity index (χ0n) is 21.4. The van der Waals surface area contributed by atoms with E-state index in [4.69, 9.17) is 9.16 Å². The Kier molecular flexibility index (Phi) is 10.2. The molecular formula is C26H45NO3Si. The highest BCUT2D eigenvalue weighted by Crippen LogP contribution is 2.43. The topological polar surface area (TPSA) is 48.4 Å². The largest absolute Gasteiger partial charge is 0.460 e. The summed E-state index contributed by atoms with van der Waals surface area (Å²) in [5, 5.41) is 0.101. The summed E-state index contributed by atoms with van der Waals surface area (Å²) in [5.41, 5.74) is 0.240. The summed E-state index contributed by atoms with van der Waals surface area (Å²) >= 11 is 0. The van der Waals surface area contributed by atoms with E-state index in [-0.39, 0.29) is 16.6 Å². The van der Waals surface area contributed by atoms with Gasteiger partial charge in [-0.15, -0.1) is 0 Å². The molecule has 1 heterocycles. The summed E-state index contributed by atoms with van der Waals surface area (Å²) in [5.74, 6) is -0.150. The predicted octanol–water partition coefficient (Wildman–Crippen LogP) is 7.56. The average molecular weight is 448 g/mol. The summed E-state index contributed by atoms with van der Waals surface area (Å²) in [7, 11) is -2.04. The smallest absolute Gasteiger partial charge is 0.306 e. The fraction of sp³-hybridized carbons (Fsp3) is 0.692. The van der Waals surface area contributed by atoms with Gasteiger partial charge in [-0.3, -0.25) is 9.78 Å². The van der Waals surface area contributed by atoms with Gasteiger partial charge in [0.05, 0.1) is 5.60 Å². The van der Waals surface area contributed by atoms with Gasteiger partial charge in [0.1, 0.15) is 5.60 Å². The maximum Gasteiger partial charge on any atom is 0.306 e. The third-order valence-corrected chi connectivity index (χ3v) is 10.5. The molecule has 4 nitrogen and oxygen atoms in total. The van der Waals surface area contributed by atoms with E-state index >= 15 is 0 Å². The molecule has 0 saturated heterocycles. The van der Waals surface area contributed by atoms with Gasteiger partial charge in [-0.2, -0.15) is 0 Å². The summed E-state index contributed by atoms with van der Waals surface area (Å²) in [4.78, 5) is 16.7. The van der Waals surface area contributed by atoms with Crippen LogP contribution in [0.1, 0.15) is 92.6 Å². The number of aromatic nitrogens is 1.